The number of ether oxygens (including phenoxy) is 3. The summed E-state index contributed by atoms with van der Waals surface area (Å²) in [5.74, 6) is -0.0891. The third kappa shape index (κ3) is 12.8. The van der Waals surface area contributed by atoms with Gasteiger partial charge in [0.15, 0.2) is 11.6 Å². The van der Waals surface area contributed by atoms with E-state index in [-0.39, 0.29) is 24.1 Å². The first-order valence-electron chi connectivity index (χ1n) is 11.2. The second-order valence-corrected chi connectivity index (χ2v) is 8.35. The summed E-state index contributed by atoms with van der Waals surface area (Å²) in [4.78, 5) is 0. The maximum Gasteiger partial charge on any atom is 0.162 e. The Morgan fingerprint density at radius 3 is 1.56 bits per heavy atom. The van der Waals surface area contributed by atoms with Crippen LogP contribution in [-0.2, 0) is 0 Å². The van der Waals surface area contributed by atoms with Gasteiger partial charge in [0.05, 0.1) is 18.3 Å². The molecule has 3 aromatic rings. The molecule has 0 bridgehead atoms. The Morgan fingerprint density at radius 2 is 1.06 bits per heavy atom. The van der Waals surface area contributed by atoms with Crippen molar-refractivity contribution in [2.45, 2.75) is 66.8 Å². The number of hydrogen-bond donors (Lipinski definition) is 0. The standard InChI is InChI=1S/C10H13FO.C9H10F2O.C9H12O/c1-7(2)12-10-5-8(3)4-9(11)6-10;1-6(2)12-7-3-4-8(10)9(11)5-7;1-8(2)10-9-6-4-3-5-7-9/h4-7H,1-3H3;3-6H,1-2H3;3-8H,1-2H3. The van der Waals surface area contributed by atoms with Crippen LogP contribution < -0.4 is 14.2 Å². The van der Waals surface area contributed by atoms with Gasteiger partial charge in [0, 0.05) is 12.1 Å². The van der Waals surface area contributed by atoms with E-state index in [4.69, 9.17) is 14.2 Å². The molecule has 0 aliphatic carbocycles. The highest BCUT2D eigenvalue weighted by molar-refractivity contribution is 5.28. The van der Waals surface area contributed by atoms with E-state index in [1.165, 1.54) is 18.2 Å². The third-order valence-electron chi connectivity index (χ3n) is 3.77. The number of hydrogen-bond acceptors (Lipinski definition) is 3. The van der Waals surface area contributed by atoms with Gasteiger partial charge in [-0.2, -0.15) is 0 Å². The maximum atomic E-state index is 12.8. The summed E-state index contributed by atoms with van der Waals surface area (Å²) in [7, 11) is 0. The van der Waals surface area contributed by atoms with E-state index >= 15 is 0 Å². The predicted molar refractivity (Wildman–Crippen MR) is 131 cm³/mol. The van der Waals surface area contributed by atoms with Crippen LogP contribution in [0.2, 0.25) is 0 Å². The summed E-state index contributed by atoms with van der Waals surface area (Å²) < 4.78 is 53.7. The molecule has 186 valence electrons. The van der Waals surface area contributed by atoms with Crippen molar-refractivity contribution < 1.29 is 27.4 Å². The minimum atomic E-state index is -0.881. The van der Waals surface area contributed by atoms with E-state index in [0.717, 1.165) is 23.4 Å². The topological polar surface area (TPSA) is 27.7 Å². The van der Waals surface area contributed by atoms with Crippen LogP contribution in [0.15, 0.2) is 66.7 Å². The van der Waals surface area contributed by atoms with Crippen LogP contribution in [0.3, 0.4) is 0 Å². The predicted octanol–water partition coefficient (Wildman–Crippen LogP) is 8.15. The van der Waals surface area contributed by atoms with Crippen LogP contribution in [-0.4, -0.2) is 18.3 Å². The molecular weight excluding hydrogens is 441 g/mol. The highest BCUT2D eigenvalue weighted by Gasteiger charge is 2.04. The quantitative estimate of drug-likeness (QED) is 0.359. The molecule has 0 heterocycles. The number of rotatable bonds is 6. The van der Waals surface area contributed by atoms with Gasteiger partial charge in [0.25, 0.3) is 0 Å². The van der Waals surface area contributed by atoms with Crippen molar-refractivity contribution in [2.75, 3.05) is 0 Å². The Balaban J connectivity index is 0.000000256. The summed E-state index contributed by atoms with van der Waals surface area (Å²) >= 11 is 0. The normalized spacial score (nSPS) is 10.3. The lowest BCUT2D eigenvalue weighted by atomic mass is 10.2. The SMILES string of the molecule is CC(C)Oc1ccc(F)c(F)c1.CC(C)Oc1ccccc1.Cc1cc(F)cc(OC(C)C)c1. The Hall–Kier alpha value is -3.15. The van der Waals surface area contributed by atoms with Crippen LogP contribution in [0.1, 0.15) is 47.1 Å². The molecule has 0 amide bonds. The lowest BCUT2D eigenvalue weighted by Crippen LogP contribution is -2.05. The highest BCUT2D eigenvalue weighted by atomic mass is 19.2. The molecule has 0 spiro atoms. The molecule has 0 N–H and O–H groups in total. The van der Waals surface area contributed by atoms with Crippen LogP contribution in [0.5, 0.6) is 17.2 Å². The largest absolute Gasteiger partial charge is 0.491 e. The van der Waals surface area contributed by atoms with Crippen molar-refractivity contribution in [2.24, 2.45) is 0 Å². The van der Waals surface area contributed by atoms with Crippen molar-refractivity contribution in [3.05, 3.63) is 89.7 Å². The van der Waals surface area contributed by atoms with Gasteiger partial charge in [-0.1, -0.05) is 18.2 Å². The summed E-state index contributed by atoms with van der Waals surface area (Å²) in [6.45, 7) is 13.4. The average molecular weight is 477 g/mol. The zero-order valence-electron chi connectivity index (χ0n) is 20.9. The van der Waals surface area contributed by atoms with Gasteiger partial charge >= 0.3 is 0 Å². The fraction of sp³-hybridized carbons (Fsp3) is 0.357. The summed E-state index contributed by atoms with van der Waals surface area (Å²) in [6, 6.07) is 18.0. The van der Waals surface area contributed by atoms with Gasteiger partial charge in [-0.05, 0) is 90.4 Å². The van der Waals surface area contributed by atoms with Crippen molar-refractivity contribution >= 4 is 0 Å². The maximum absolute atomic E-state index is 12.8. The van der Waals surface area contributed by atoms with E-state index in [1.807, 2.05) is 84.9 Å². The first kappa shape index (κ1) is 28.9. The zero-order valence-corrected chi connectivity index (χ0v) is 20.9. The van der Waals surface area contributed by atoms with Crippen molar-refractivity contribution in [3.63, 3.8) is 0 Å². The zero-order chi connectivity index (χ0) is 25.7. The van der Waals surface area contributed by atoms with Crippen molar-refractivity contribution in [1.82, 2.24) is 0 Å². The summed E-state index contributed by atoms with van der Waals surface area (Å²) in [6.07, 6.45) is 0.323. The van der Waals surface area contributed by atoms with Gasteiger partial charge in [-0.25, -0.2) is 13.2 Å². The van der Waals surface area contributed by atoms with E-state index < -0.39 is 11.6 Å². The molecule has 0 radical (unpaired) electrons. The molecule has 0 fully saturated rings. The lowest BCUT2D eigenvalue weighted by molar-refractivity contribution is 0.240. The molecular formula is C28H35F3O3. The molecule has 0 unspecified atom stereocenters. The molecule has 0 saturated carbocycles. The first-order valence-corrected chi connectivity index (χ1v) is 11.2. The molecule has 34 heavy (non-hydrogen) atoms. The molecule has 3 aromatic carbocycles. The second kappa shape index (κ2) is 14.9. The minimum Gasteiger partial charge on any atom is -0.491 e. The third-order valence-corrected chi connectivity index (χ3v) is 3.77. The lowest BCUT2D eigenvalue weighted by Gasteiger charge is -2.09. The van der Waals surface area contributed by atoms with Crippen molar-refractivity contribution in [1.29, 1.82) is 0 Å². The fourth-order valence-electron chi connectivity index (χ4n) is 2.64. The number of benzene rings is 3. The molecule has 0 aromatic heterocycles. The Labute approximate surface area is 201 Å². The summed E-state index contributed by atoms with van der Waals surface area (Å²) in [5, 5.41) is 0. The molecule has 0 aliphatic rings. The van der Waals surface area contributed by atoms with Crippen molar-refractivity contribution in [3.8, 4) is 17.2 Å². The van der Waals surface area contributed by atoms with Crippen LogP contribution in [0.4, 0.5) is 13.2 Å². The molecule has 6 heteroatoms. The van der Waals surface area contributed by atoms with E-state index in [2.05, 4.69) is 0 Å². The van der Waals surface area contributed by atoms with Gasteiger partial charge < -0.3 is 14.2 Å². The first-order chi connectivity index (χ1) is 16.0. The molecule has 3 rings (SSSR count). The van der Waals surface area contributed by atoms with Gasteiger partial charge in [0.2, 0.25) is 0 Å². The number of halogens is 3. The molecule has 0 atom stereocenters. The van der Waals surface area contributed by atoms with E-state index in [9.17, 15) is 13.2 Å². The second-order valence-electron chi connectivity index (χ2n) is 8.35. The van der Waals surface area contributed by atoms with Crippen LogP contribution in [0.25, 0.3) is 0 Å². The Bertz CT molecular complexity index is 954. The Kier molecular flexibility index (Phi) is 12.6. The van der Waals surface area contributed by atoms with Gasteiger partial charge in [-0.3, -0.25) is 0 Å². The summed E-state index contributed by atoms with van der Waals surface area (Å²) in [5.41, 5.74) is 0.880. The average Bonchev–Trinajstić information content (AvgIpc) is 2.70. The monoisotopic (exact) mass is 476 g/mol. The van der Waals surface area contributed by atoms with Gasteiger partial charge in [-0.15, -0.1) is 0 Å². The number of para-hydroxylation sites is 1. The van der Waals surface area contributed by atoms with Gasteiger partial charge in [0.1, 0.15) is 23.1 Å². The Morgan fingerprint density at radius 1 is 0.529 bits per heavy atom. The molecule has 3 nitrogen and oxygen atoms in total. The smallest absolute Gasteiger partial charge is 0.162 e. The molecule has 0 saturated heterocycles. The van der Waals surface area contributed by atoms with Crippen LogP contribution >= 0.6 is 0 Å². The van der Waals surface area contributed by atoms with E-state index in [1.54, 1.807) is 0 Å². The van der Waals surface area contributed by atoms with E-state index in [0.29, 0.717) is 11.5 Å². The minimum absolute atomic E-state index is 0.0325. The highest BCUT2D eigenvalue weighted by Crippen LogP contribution is 2.17. The number of aryl methyl sites for hydroxylation is 1. The molecule has 0 aliphatic heterocycles. The van der Waals surface area contributed by atoms with Crippen LogP contribution in [0, 0.1) is 24.4 Å². The fourth-order valence-corrected chi connectivity index (χ4v) is 2.64.